The predicted octanol–water partition coefficient (Wildman–Crippen LogP) is 3.00. The zero-order valence-corrected chi connectivity index (χ0v) is 15.8. The maximum Gasteiger partial charge on any atom is 0.0941 e. The van der Waals surface area contributed by atoms with Crippen LogP contribution in [0, 0.1) is 23.7 Å². The molecule has 0 aromatic rings. The zero-order chi connectivity index (χ0) is 17.5. The fourth-order valence-corrected chi connectivity index (χ4v) is 4.39. The summed E-state index contributed by atoms with van der Waals surface area (Å²) in [6, 6.07) is 0. The first-order chi connectivity index (χ1) is 10.7. The number of hydrogen-bond acceptors (Lipinski definition) is 4. The molecule has 4 unspecified atom stereocenters. The van der Waals surface area contributed by atoms with Gasteiger partial charge in [0.25, 0.3) is 0 Å². The molecule has 0 aromatic heterocycles. The van der Waals surface area contributed by atoms with E-state index in [0.29, 0.717) is 18.3 Å². The molecule has 4 nitrogen and oxygen atoms in total. The van der Waals surface area contributed by atoms with Gasteiger partial charge in [-0.25, -0.2) is 0 Å². The molecule has 1 saturated heterocycles. The molecule has 136 valence electrons. The van der Waals surface area contributed by atoms with Gasteiger partial charge in [0.05, 0.1) is 36.1 Å². The van der Waals surface area contributed by atoms with Crippen LogP contribution in [-0.4, -0.2) is 46.3 Å². The molecule has 10 atom stereocenters. The molecule has 1 aliphatic carbocycles. The van der Waals surface area contributed by atoms with Gasteiger partial charge >= 0.3 is 0 Å². The largest absolute Gasteiger partial charge is 0.393 e. The molecule has 1 aliphatic heterocycles. The van der Waals surface area contributed by atoms with E-state index in [1.165, 1.54) is 0 Å². The van der Waals surface area contributed by atoms with E-state index in [9.17, 15) is 10.2 Å². The monoisotopic (exact) mass is 328 g/mol. The Hall–Kier alpha value is -0.160. The highest BCUT2D eigenvalue weighted by Crippen LogP contribution is 2.53. The van der Waals surface area contributed by atoms with Gasteiger partial charge in [-0.15, -0.1) is 0 Å². The molecule has 2 aliphatic rings. The number of hydrogen-bond donors (Lipinski definition) is 2. The van der Waals surface area contributed by atoms with E-state index >= 15 is 0 Å². The van der Waals surface area contributed by atoms with E-state index < -0.39 is 5.60 Å². The normalized spacial score (nSPS) is 49.7. The van der Waals surface area contributed by atoms with Crippen LogP contribution in [0.5, 0.6) is 0 Å². The highest BCUT2D eigenvalue weighted by Gasteiger charge is 2.66. The van der Waals surface area contributed by atoms with Crippen LogP contribution >= 0.6 is 0 Å². The number of aliphatic hydroxyl groups is 2. The van der Waals surface area contributed by atoms with Crippen molar-refractivity contribution < 1.29 is 19.7 Å². The molecule has 2 rings (SSSR count). The van der Waals surface area contributed by atoms with Crippen LogP contribution in [0.25, 0.3) is 0 Å². The Labute approximate surface area is 141 Å². The van der Waals surface area contributed by atoms with Crippen LogP contribution in [0.15, 0.2) is 0 Å². The summed E-state index contributed by atoms with van der Waals surface area (Å²) in [5, 5.41) is 20.8. The second-order valence-electron chi connectivity index (χ2n) is 8.11. The Morgan fingerprint density at radius 1 is 1.17 bits per heavy atom. The van der Waals surface area contributed by atoms with Crippen molar-refractivity contribution in [1.82, 2.24) is 0 Å². The minimum absolute atomic E-state index is 0.00295. The van der Waals surface area contributed by atoms with Gasteiger partial charge in [0.1, 0.15) is 0 Å². The average molecular weight is 328 g/mol. The Morgan fingerprint density at radius 2 is 1.78 bits per heavy atom. The summed E-state index contributed by atoms with van der Waals surface area (Å²) in [7, 11) is 0. The van der Waals surface area contributed by atoms with Gasteiger partial charge in [-0.1, -0.05) is 34.6 Å². The van der Waals surface area contributed by atoms with Crippen LogP contribution in [0.2, 0.25) is 0 Å². The van der Waals surface area contributed by atoms with E-state index in [1.54, 1.807) is 0 Å². The topological polar surface area (TPSA) is 58.9 Å². The molecular weight excluding hydrogens is 292 g/mol. The molecule has 0 amide bonds. The van der Waals surface area contributed by atoms with Gasteiger partial charge in [-0.3, -0.25) is 0 Å². The Balaban J connectivity index is 2.08. The van der Waals surface area contributed by atoms with Crippen LogP contribution in [0.4, 0.5) is 0 Å². The van der Waals surface area contributed by atoms with Gasteiger partial charge in [-0.05, 0) is 44.4 Å². The SMILES string of the molecule is CC[C@@H](O)C(C)[C@H]1[C@@H](O[C@H]2C(C)C(C)[C@@H](C)O[C@H]2CC)C1(C)O. The van der Waals surface area contributed by atoms with Crippen molar-refractivity contribution in [2.45, 2.75) is 97.4 Å². The summed E-state index contributed by atoms with van der Waals surface area (Å²) < 4.78 is 12.5. The van der Waals surface area contributed by atoms with Gasteiger partial charge in [0.2, 0.25) is 0 Å². The maximum atomic E-state index is 10.7. The minimum Gasteiger partial charge on any atom is -0.393 e. The first-order valence-corrected chi connectivity index (χ1v) is 9.38. The molecule has 1 heterocycles. The molecule has 0 bridgehead atoms. The summed E-state index contributed by atoms with van der Waals surface area (Å²) in [5.41, 5.74) is -0.847. The Kier molecular flexibility index (Phi) is 5.82. The Morgan fingerprint density at radius 3 is 2.30 bits per heavy atom. The number of aliphatic hydroxyl groups excluding tert-OH is 1. The van der Waals surface area contributed by atoms with Crippen LogP contribution in [0.1, 0.15) is 61.3 Å². The molecule has 2 N–H and O–H groups in total. The molecule has 2 fully saturated rings. The molecule has 4 heteroatoms. The highest BCUT2D eigenvalue weighted by atomic mass is 16.6. The van der Waals surface area contributed by atoms with Crippen LogP contribution < -0.4 is 0 Å². The van der Waals surface area contributed by atoms with Gasteiger partial charge in [0, 0.05) is 5.92 Å². The predicted molar refractivity (Wildman–Crippen MR) is 91.2 cm³/mol. The fourth-order valence-electron chi connectivity index (χ4n) is 4.39. The third-order valence-corrected chi connectivity index (χ3v) is 6.61. The number of rotatable bonds is 6. The molecule has 1 saturated carbocycles. The van der Waals surface area contributed by atoms with Gasteiger partial charge < -0.3 is 19.7 Å². The second kappa shape index (κ2) is 6.99. The maximum absolute atomic E-state index is 10.7. The van der Waals surface area contributed by atoms with E-state index in [1.807, 2.05) is 20.8 Å². The fraction of sp³-hybridized carbons (Fsp3) is 1.00. The lowest BCUT2D eigenvalue weighted by Gasteiger charge is -2.43. The van der Waals surface area contributed by atoms with Crippen LogP contribution in [0.3, 0.4) is 0 Å². The zero-order valence-electron chi connectivity index (χ0n) is 15.8. The van der Waals surface area contributed by atoms with E-state index in [2.05, 4.69) is 27.7 Å². The minimum atomic E-state index is -0.847. The van der Waals surface area contributed by atoms with E-state index in [-0.39, 0.29) is 42.4 Å². The van der Waals surface area contributed by atoms with Crippen molar-refractivity contribution in [2.24, 2.45) is 23.7 Å². The average Bonchev–Trinajstić information content (AvgIpc) is 3.06. The molecular formula is C19H36O4. The lowest BCUT2D eigenvalue weighted by atomic mass is 9.81. The first kappa shape index (κ1) is 19.2. The summed E-state index contributed by atoms with van der Waals surface area (Å²) in [6.45, 7) is 14.5. The second-order valence-corrected chi connectivity index (χ2v) is 8.11. The molecule has 23 heavy (non-hydrogen) atoms. The first-order valence-electron chi connectivity index (χ1n) is 9.38. The summed E-state index contributed by atoms with van der Waals surface area (Å²) in [6.07, 6.45) is 1.36. The summed E-state index contributed by atoms with van der Waals surface area (Å²) >= 11 is 0. The van der Waals surface area contributed by atoms with Crippen molar-refractivity contribution in [1.29, 1.82) is 0 Å². The summed E-state index contributed by atoms with van der Waals surface area (Å²) in [4.78, 5) is 0. The lowest BCUT2D eigenvalue weighted by Crippen LogP contribution is -2.50. The molecule has 0 spiro atoms. The van der Waals surface area contributed by atoms with Crippen molar-refractivity contribution in [3.63, 3.8) is 0 Å². The van der Waals surface area contributed by atoms with Gasteiger partial charge in [-0.2, -0.15) is 0 Å². The van der Waals surface area contributed by atoms with E-state index in [4.69, 9.17) is 9.47 Å². The number of ether oxygens (including phenoxy) is 2. The van der Waals surface area contributed by atoms with Gasteiger partial charge in [0.15, 0.2) is 0 Å². The Bertz CT molecular complexity index is 395. The third kappa shape index (κ3) is 3.46. The van der Waals surface area contributed by atoms with E-state index in [0.717, 1.165) is 6.42 Å². The van der Waals surface area contributed by atoms with Crippen LogP contribution in [-0.2, 0) is 9.47 Å². The highest BCUT2D eigenvalue weighted by molar-refractivity contribution is 5.14. The van der Waals surface area contributed by atoms with Crippen molar-refractivity contribution in [2.75, 3.05) is 0 Å². The molecule has 0 radical (unpaired) electrons. The molecule has 0 aromatic carbocycles. The lowest BCUT2D eigenvalue weighted by molar-refractivity contribution is -0.192. The third-order valence-electron chi connectivity index (χ3n) is 6.61. The van der Waals surface area contributed by atoms with Crippen molar-refractivity contribution >= 4 is 0 Å². The smallest absolute Gasteiger partial charge is 0.0941 e. The quantitative estimate of drug-likeness (QED) is 0.787. The van der Waals surface area contributed by atoms with Crippen molar-refractivity contribution in [3.05, 3.63) is 0 Å². The summed E-state index contributed by atoms with van der Waals surface area (Å²) in [5.74, 6) is 0.865. The standard InChI is InChI=1S/C19H36O4/c1-8-14(20)12(5)16-18(19(16,7)21)23-17-11(4)10(3)13(6)22-15(17)9-2/h10-18,20-21H,8-9H2,1-7H3/t10?,11?,12?,13-,14-,15+,16+,17+,18-,19?/m1/s1. The van der Waals surface area contributed by atoms with Crippen molar-refractivity contribution in [3.8, 4) is 0 Å².